The van der Waals surface area contributed by atoms with Gasteiger partial charge in [0.2, 0.25) is 0 Å². The summed E-state index contributed by atoms with van der Waals surface area (Å²) in [6.07, 6.45) is 8.86. The second kappa shape index (κ2) is 5.68. The molecule has 0 aliphatic carbocycles. The highest BCUT2D eigenvalue weighted by atomic mass is 16.2. The average Bonchev–Trinajstić information content (AvgIpc) is 3.15. The third-order valence-corrected chi connectivity index (χ3v) is 4.12. The lowest BCUT2D eigenvalue weighted by Crippen LogP contribution is -2.35. The van der Waals surface area contributed by atoms with Crippen molar-refractivity contribution in [3.63, 3.8) is 0 Å². The first kappa shape index (κ1) is 13.7. The molecule has 1 aliphatic rings. The van der Waals surface area contributed by atoms with Crippen LogP contribution in [0.4, 0.5) is 5.69 Å². The van der Waals surface area contributed by atoms with Crippen LogP contribution in [0.5, 0.6) is 0 Å². The molecule has 1 amide bonds. The molecule has 3 aromatic rings. The Morgan fingerprint density at radius 2 is 2.04 bits per heavy atom. The lowest BCUT2D eigenvalue weighted by molar-refractivity contribution is 0.0985. The third-order valence-electron chi connectivity index (χ3n) is 4.12. The Hall–Kier alpha value is -2.95. The molecule has 114 valence electrons. The summed E-state index contributed by atoms with van der Waals surface area (Å²) < 4.78 is 1.81. The van der Waals surface area contributed by atoms with E-state index in [2.05, 4.69) is 16.0 Å². The molecular formula is C18H16N4O. The van der Waals surface area contributed by atoms with E-state index in [0.717, 1.165) is 30.9 Å². The van der Waals surface area contributed by atoms with E-state index in [-0.39, 0.29) is 5.91 Å². The Balaban J connectivity index is 1.63. The van der Waals surface area contributed by atoms with Crippen LogP contribution in [0.15, 0.2) is 61.3 Å². The number of hydrogen-bond donors (Lipinski definition) is 0. The van der Waals surface area contributed by atoms with Gasteiger partial charge in [0.25, 0.3) is 5.91 Å². The molecular weight excluding hydrogens is 288 g/mol. The number of aryl methyl sites for hydroxylation is 1. The number of carbonyl (C=O) groups excluding carboxylic acids is 1. The molecule has 0 fully saturated rings. The number of anilines is 1. The average molecular weight is 304 g/mol. The van der Waals surface area contributed by atoms with Crippen LogP contribution in [0.2, 0.25) is 0 Å². The summed E-state index contributed by atoms with van der Waals surface area (Å²) in [6, 6.07) is 11.8. The van der Waals surface area contributed by atoms with E-state index in [9.17, 15) is 4.79 Å². The number of benzene rings is 1. The smallest absolute Gasteiger partial charge is 0.259 e. The Bertz CT molecular complexity index is 824. The predicted molar refractivity (Wildman–Crippen MR) is 87.8 cm³/mol. The molecule has 23 heavy (non-hydrogen) atoms. The predicted octanol–water partition coefficient (Wildman–Crippen LogP) is 2.86. The number of hydrogen-bond acceptors (Lipinski definition) is 3. The first-order valence-corrected chi connectivity index (χ1v) is 7.67. The van der Waals surface area contributed by atoms with Crippen molar-refractivity contribution < 1.29 is 4.79 Å². The van der Waals surface area contributed by atoms with Gasteiger partial charge in [0.1, 0.15) is 12.1 Å². The molecule has 0 atom stereocenters. The van der Waals surface area contributed by atoms with Gasteiger partial charge in [-0.2, -0.15) is 0 Å². The normalized spacial score (nSPS) is 13.7. The maximum absolute atomic E-state index is 12.8. The van der Waals surface area contributed by atoms with Crippen molar-refractivity contribution in [1.29, 1.82) is 0 Å². The van der Waals surface area contributed by atoms with Gasteiger partial charge in [-0.25, -0.2) is 9.97 Å². The fourth-order valence-corrected chi connectivity index (χ4v) is 2.96. The van der Waals surface area contributed by atoms with Gasteiger partial charge >= 0.3 is 0 Å². The van der Waals surface area contributed by atoms with Crippen molar-refractivity contribution in [2.24, 2.45) is 0 Å². The van der Waals surface area contributed by atoms with Crippen LogP contribution >= 0.6 is 0 Å². The minimum Gasteiger partial charge on any atom is -0.308 e. The van der Waals surface area contributed by atoms with Crippen LogP contribution in [-0.2, 0) is 6.42 Å². The topological polar surface area (TPSA) is 51.0 Å². The zero-order valence-electron chi connectivity index (χ0n) is 12.6. The van der Waals surface area contributed by atoms with Gasteiger partial charge in [-0.3, -0.25) is 9.36 Å². The summed E-state index contributed by atoms with van der Waals surface area (Å²) in [5.41, 5.74) is 2.85. The zero-order valence-corrected chi connectivity index (χ0v) is 12.6. The first-order chi connectivity index (χ1) is 11.3. The quantitative estimate of drug-likeness (QED) is 0.731. The molecule has 4 rings (SSSR count). The fraction of sp³-hybridized carbons (Fsp3) is 0.167. The van der Waals surface area contributed by atoms with Crippen LogP contribution in [0, 0.1) is 0 Å². The number of nitrogens with zero attached hydrogens (tertiary/aromatic N) is 4. The number of para-hydroxylation sites is 1. The van der Waals surface area contributed by atoms with Crippen molar-refractivity contribution in [3.8, 4) is 5.82 Å². The minimum atomic E-state index is 0.00170. The number of rotatable bonds is 2. The van der Waals surface area contributed by atoms with Crippen LogP contribution < -0.4 is 4.90 Å². The van der Waals surface area contributed by atoms with Gasteiger partial charge in [0, 0.05) is 30.8 Å². The van der Waals surface area contributed by atoms with E-state index in [4.69, 9.17) is 0 Å². The maximum Gasteiger partial charge on any atom is 0.259 e. The molecule has 5 nitrogen and oxygen atoms in total. The van der Waals surface area contributed by atoms with E-state index in [0.29, 0.717) is 5.56 Å². The Morgan fingerprint density at radius 3 is 2.83 bits per heavy atom. The summed E-state index contributed by atoms with van der Waals surface area (Å²) in [6.45, 7) is 0.749. The number of imidazole rings is 1. The summed E-state index contributed by atoms with van der Waals surface area (Å²) in [4.78, 5) is 23.1. The highest BCUT2D eigenvalue weighted by Gasteiger charge is 2.23. The van der Waals surface area contributed by atoms with Crippen LogP contribution in [0.25, 0.3) is 5.82 Å². The summed E-state index contributed by atoms with van der Waals surface area (Å²) in [5, 5.41) is 0. The van der Waals surface area contributed by atoms with Gasteiger partial charge in [0.15, 0.2) is 0 Å². The summed E-state index contributed by atoms with van der Waals surface area (Å²) in [5.74, 6) is 0.750. The van der Waals surface area contributed by atoms with Crippen LogP contribution in [-0.4, -0.2) is 27.0 Å². The zero-order chi connectivity index (χ0) is 15.6. The number of pyridine rings is 1. The van der Waals surface area contributed by atoms with Crippen LogP contribution in [0.1, 0.15) is 22.3 Å². The van der Waals surface area contributed by atoms with E-state index in [1.165, 1.54) is 5.56 Å². The van der Waals surface area contributed by atoms with E-state index in [1.807, 2.05) is 46.0 Å². The number of amides is 1. The monoisotopic (exact) mass is 304 g/mol. The molecule has 0 radical (unpaired) electrons. The maximum atomic E-state index is 12.8. The van der Waals surface area contributed by atoms with Gasteiger partial charge in [-0.1, -0.05) is 18.2 Å². The fourth-order valence-electron chi connectivity index (χ4n) is 2.96. The third kappa shape index (κ3) is 2.50. The molecule has 0 N–H and O–H groups in total. The minimum absolute atomic E-state index is 0.00170. The Labute approximate surface area is 134 Å². The lowest BCUT2D eigenvalue weighted by Gasteiger charge is -2.29. The lowest BCUT2D eigenvalue weighted by atomic mass is 10.0. The van der Waals surface area contributed by atoms with E-state index in [1.54, 1.807) is 18.7 Å². The van der Waals surface area contributed by atoms with Crippen molar-refractivity contribution in [2.75, 3.05) is 11.4 Å². The number of aromatic nitrogens is 3. The summed E-state index contributed by atoms with van der Waals surface area (Å²) in [7, 11) is 0. The highest BCUT2D eigenvalue weighted by Crippen LogP contribution is 2.28. The van der Waals surface area contributed by atoms with E-state index >= 15 is 0 Å². The van der Waals surface area contributed by atoms with Gasteiger partial charge in [0.05, 0.1) is 5.56 Å². The second-order valence-electron chi connectivity index (χ2n) is 5.56. The van der Waals surface area contributed by atoms with Crippen molar-refractivity contribution >= 4 is 11.6 Å². The highest BCUT2D eigenvalue weighted by molar-refractivity contribution is 6.06. The van der Waals surface area contributed by atoms with Gasteiger partial charge in [-0.15, -0.1) is 0 Å². The van der Waals surface area contributed by atoms with Crippen molar-refractivity contribution in [2.45, 2.75) is 12.8 Å². The Morgan fingerprint density at radius 1 is 1.13 bits per heavy atom. The molecule has 0 saturated carbocycles. The molecule has 3 heterocycles. The Kier molecular flexibility index (Phi) is 3.38. The number of carbonyl (C=O) groups is 1. The molecule has 0 saturated heterocycles. The molecule has 2 aromatic heterocycles. The first-order valence-electron chi connectivity index (χ1n) is 7.67. The molecule has 1 aromatic carbocycles. The standard InChI is InChI=1S/C18H16N4O/c23-18(22-10-3-5-14-4-1-2-6-16(14)22)15-7-8-17(20-12-15)21-11-9-19-13-21/h1-2,4,6-9,11-13H,3,5,10H2. The molecule has 0 bridgehead atoms. The molecule has 0 unspecified atom stereocenters. The molecule has 1 aliphatic heterocycles. The second-order valence-corrected chi connectivity index (χ2v) is 5.56. The van der Waals surface area contributed by atoms with Crippen LogP contribution in [0.3, 0.4) is 0 Å². The SMILES string of the molecule is O=C(c1ccc(-n2ccnc2)nc1)N1CCCc2ccccc21. The van der Waals surface area contributed by atoms with Gasteiger partial charge < -0.3 is 4.90 Å². The van der Waals surface area contributed by atoms with Gasteiger partial charge in [-0.05, 0) is 36.6 Å². The summed E-state index contributed by atoms with van der Waals surface area (Å²) >= 11 is 0. The van der Waals surface area contributed by atoms with Crippen molar-refractivity contribution in [3.05, 3.63) is 72.4 Å². The molecule has 5 heteroatoms. The number of fused-ring (bicyclic) bond motifs is 1. The van der Waals surface area contributed by atoms with E-state index < -0.39 is 0 Å². The molecule has 0 spiro atoms. The largest absolute Gasteiger partial charge is 0.308 e. The van der Waals surface area contributed by atoms with Crippen molar-refractivity contribution in [1.82, 2.24) is 14.5 Å².